The quantitative estimate of drug-likeness (QED) is 0.646. The summed E-state index contributed by atoms with van der Waals surface area (Å²) in [5.74, 6) is -0.484. The highest BCUT2D eigenvalue weighted by atomic mass is 32.2. The number of benzene rings is 1. The Hall–Kier alpha value is -0.950. The van der Waals surface area contributed by atoms with Crippen LogP contribution in [0.4, 0.5) is 4.39 Å². The van der Waals surface area contributed by atoms with Crippen molar-refractivity contribution in [2.75, 3.05) is 7.11 Å². The van der Waals surface area contributed by atoms with E-state index in [0.29, 0.717) is 6.29 Å². The number of ether oxygens (including phenoxy) is 1. The van der Waals surface area contributed by atoms with Crippen LogP contribution in [0.25, 0.3) is 0 Å². The molecule has 0 aliphatic carbocycles. The number of methoxy groups -OCH3 is 1. The lowest BCUT2D eigenvalue weighted by atomic mass is 9.87. The van der Waals surface area contributed by atoms with E-state index < -0.39 is 33.6 Å². The van der Waals surface area contributed by atoms with Crippen LogP contribution in [0, 0.1) is 5.82 Å². The Bertz CT molecular complexity index is 492. The summed E-state index contributed by atoms with van der Waals surface area (Å²) in [6.07, 6.45) is -0.389. The third-order valence-corrected chi connectivity index (χ3v) is 4.96. The van der Waals surface area contributed by atoms with Gasteiger partial charge < -0.3 is 14.1 Å². The first kappa shape index (κ1) is 18.1. The first-order chi connectivity index (χ1) is 9.66. The summed E-state index contributed by atoms with van der Waals surface area (Å²) in [7, 11) is 1.36. The molecule has 3 atom stereocenters. The number of carbonyl (C=O) groups excluding carboxylic acids is 1. The Morgan fingerprint density at radius 3 is 2.33 bits per heavy atom. The lowest BCUT2D eigenvalue weighted by Gasteiger charge is -2.37. The lowest BCUT2D eigenvalue weighted by Crippen LogP contribution is -2.57. The summed E-state index contributed by atoms with van der Waals surface area (Å²) in [6.45, 7) is 6.99. The number of halogens is 1. The van der Waals surface area contributed by atoms with E-state index in [1.54, 1.807) is 45.9 Å². The molecule has 0 aliphatic heterocycles. The number of hydrogen-bond acceptors (Lipinski definition) is 4. The molecule has 21 heavy (non-hydrogen) atoms. The van der Waals surface area contributed by atoms with E-state index in [4.69, 9.17) is 4.74 Å². The van der Waals surface area contributed by atoms with Gasteiger partial charge in [0.25, 0.3) is 0 Å². The fraction of sp³-hybridized carbons (Fsp3) is 0.533. The molecule has 0 aromatic heterocycles. The summed E-state index contributed by atoms with van der Waals surface area (Å²) in [4.78, 5) is 11.3. The van der Waals surface area contributed by atoms with E-state index in [2.05, 4.69) is 4.72 Å². The first-order valence-electron chi connectivity index (χ1n) is 6.59. The Morgan fingerprint density at radius 1 is 1.33 bits per heavy atom. The number of rotatable bonds is 6. The van der Waals surface area contributed by atoms with E-state index >= 15 is 0 Å². The maximum atomic E-state index is 14.2. The van der Waals surface area contributed by atoms with Crippen molar-refractivity contribution in [1.29, 1.82) is 0 Å². The predicted molar refractivity (Wildman–Crippen MR) is 81.6 cm³/mol. The second kappa shape index (κ2) is 6.87. The van der Waals surface area contributed by atoms with Crippen molar-refractivity contribution in [1.82, 2.24) is 4.72 Å². The van der Waals surface area contributed by atoms with Crippen LogP contribution in [-0.2, 0) is 26.4 Å². The standard InChI is InChI=1S/C15H22FNO3S/c1-14(2,3)21(19)17-15(4,13(10-18)20-5)11-8-6-7-9-12(11)16/h6-10,13,17H,1-5H3/t13-,15+,21+/m0/s1. The molecule has 0 amide bonds. The maximum Gasteiger partial charge on any atom is 0.151 e. The summed E-state index contributed by atoms with van der Waals surface area (Å²) in [5, 5.41) is 0. The highest BCUT2D eigenvalue weighted by Crippen LogP contribution is 2.31. The second-order valence-corrected chi connectivity index (χ2v) is 7.92. The van der Waals surface area contributed by atoms with Crippen LogP contribution >= 0.6 is 0 Å². The van der Waals surface area contributed by atoms with Crippen LogP contribution in [0.1, 0.15) is 33.3 Å². The molecule has 0 radical (unpaired) electrons. The molecule has 0 bridgehead atoms. The average Bonchev–Trinajstić information content (AvgIpc) is 2.39. The average molecular weight is 315 g/mol. The Morgan fingerprint density at radius 2 is 1.90 bits per heavy atom. The van der Waals surface area contributed by atoms with Crippen LogP contribution in [0.15, 0.2) is 24.3 Å². The summed E-state index contributed by atoms with van der Waals surface area (Å²) >= 11 is -1.49. The van der Waals surface area contributed by atoms with Gasteiger partial charge in [0.1, 0.15) is 22.2 Å². The zero-order valence-corrected chi connectivity index (χ0v) is 13.8. The highest BCUT2D eigenvalue weighted by Gasteiger charge is 2.44. The molecule has 4 nitrogen and oxygen atoms in total. The van der Waals surface area contributed by atoms with Gasteiger partial charge in [0.05, 0.1) is 0 Å². The minimum absolute atomic E-state index is 0.238. The molecule has 1 rings (SSSR count). The van der Waals surface area contributed by atoms with Crippen LogP contribution in [0.5, 0.6) is 0 Å². The third kappa shape index (κ3) is 4.03. The highest BCUT2D eigenvalue weighted by molar-refractivity contribution is 7.90. The summed E-state index contributed by atoms with van der Waals surface area (Å²) in [5.41, 5.74) is -0.999. The largest absolute Gasteiger partial charge is 0.598 e. The van der Waals surface area contributed by atoms with Crippen LogP contribution in [-0.4, -0.2) is 28.8 Å². The lowest BCUT2D eigenvalue weighted by molar-refractivity contribution is -0.120. The van der Waals surface area contributed by atoms with Crippen molar-refractivity contribution in [3.05, 3.63) is 35.6 Å². The topological polar surface area (TPSA) is 61.4 Å². The smallest absolute Gasteiger partial charge is 0.151 e. The van der Waals surface area contributed by atoms with Crippen molar-refractivity contribution < 1.29 is 18.5 Å². The molecule has 0 saturated heterocycles. The van der Waals surface area contributed by atoms with Gasteiger partial charge in [0, 0.05) is 24.0 Å². The van der Waals surface area contributed by atoms with E-state index in [1.807, 2.05) is 0 Å². The van der Waals surface area contributed by atoms with Crippen molar-refractivity contribution in [3.63, 3.8) is 0 Å². The maximum absolute atomic E-state index is 14.2. The second-order valence-electron chi connectivity index (χ2n) is 5.96. The van der Waals surface area contributed by atoms with Gasteiger partial charge in [-0.25, -0.2) is 4.39 Å². The number of carbonyl (C=O) groups is 1. The first-order valence-corrected chi connectivity index (χ1v) is 7.74. The van der Waals surface area contributed by atoms with E-state index in [9.17, 15) is 13.7 Å². The van der Waals surface area contributed by atoms with Gasteiger partial charge in [-0.05, 0) is 33.8 Å². The normalized spacial score (nSPS) is 17.9. The number of nitrogens with one attached hydrogen (secondary N) is 1. The summed E-state index contributed by atoms with van der Waals surface area (Å²) < 4.78 is 34.0. The number of hydrogen-bond donors (Lipinski definition) is 1. The van der Waals surface area contributed by atoms with Gasteiger partial charge in [-0.1, -0.05) is 18.2 Å². The van der Waals surface area contributed by atoms with Gasteiger partial charge in [0.2, 0.25) is 0 Å². The van der Waals surface area contributed by atoms with Crippen molar-refractivity contribution in [2.24, 2.45) is 0 Å². The van der Waals surface area contributed by atoms with Crippen molar-refractivity contribution >= 4 is 17.6 Å². The molecule has 0 heterocycles. The molecule has 0 unspecified atom stereocenters. The molecule has 0 fully saturated rings. The van der Waals surface area contributed by atoms with Crippen LogP contribution in [0.2, 0.25) is 0 Å². The van der Waals surface area contributed by atoms with Gasteiger partial charge in [0.15, 0.2) is 6.29 Å². The summed E-state index contributed by atoms with van der Waals surface area (Å²) in [6, 6.07) is 6.07. The molecular formula is C15H22FNO3S. The zero-order valence-electron chi connectivity index (χ0n) is 13.0. The molecule has 6 heteroatoms. The molecule has 0 saturated carbocycles. The Kier molecular flexibility index (Phi) is 5.92. The fourth-order valence-corrected chi connectivity index (χ4v) is 2.84. The molecule has 1 aromatic rings. The fourth-order valence-electron chi connectivity index (χ4n) is 1.92. The molecule has 1 aromatic carbocycles. The Labute approximate surface area is 128 Å². The molecule has 118 valence electrons. The minimum atomic E-state index is -1.49. The minimum Gasteiger partial charge on any atom is -0.598 e. The SMILES string of the molecule is CO[C@@H](C=O)[C@](C)(N[S@+]([O-])C(C)(C)C)c1ccccc1F. The Balaban J connectivity index is 3.31. The van der Waals surface area contributed by atoms with Gasteiger partial charge in [-0.15, -0.1) is 4.72 Å². The van der Waals surface area contributed by atoms with Crippen molar-refractivity contribution in [3.8, 4) is 0 Å². The van der Waals surface area contributed by atoms with E-state index in [-0.39, 0.29) is 5.56 Å². The number of aldehydes is 1. The van der Waals surface area contributed by atoms with Crippen LogP contribution < -0.4 is 4.72 Å². The van der Waals surface area contributed by atoms with Crippen LogP contribution in [0.3, 0.4) is 0 Å². The third-order valence-electron chi connectivity index (χ3n) is 3.24. The predicted octanol–water partition coefficient (Wildman–Crippen LogP) is 2.31. The van der Waals surface area contributed by atoms with Gasteiger partial charge in [-0.2, -0.15) is 0 Å². The van der Waals surface area contributed by atoms with Crippen molar-refractivity contribution in [2.45, 2.75) is 44.1 Å². The van der Waals surface area contributed by atoms with Gasteiger partial charge in [-0.3, -0.25) is 0 Å². The monoisotopic (exact) mass is 315 g/mol. The molecular weight excluding hydrogens is 293 g/mol. The van der Waals surface area contributed by atoms with Gasteiger partial charge >= 0.3 is 0 Å². The molecule has 1 N–H and O–H groups in total. The van der Waals surface area contributed by atoms with E-state index in [1.165, 1.54) is 13.2 Å². The molecule has 0 aliphatic rings. The van der Waals surface area contributed by atoms with E-state index in [0.717, 1.165) is 0 Å². The molecule has 0 spiro atoms. The zero-order chi connectivity index (χ0) is 16.3.